The molecule has 0 saturated carbocycles. The van der Waals surface area contributed by atoms with Crippen molar-refractivity contribution in [3.8, 4) is 0 Å². The van der Waals surface area contributed by atoms with Crippen molar-refractivity contribution in [2.75, 3.05) is 7.05 Å². The van der Waals surface area contributed by atoms with Crippen molar-refractivity contribution in [1.82, 2.24) is 4.98 Å². The highest BCUT2D eigenvalue weighted by molar-refractivity contribution is 8.15. The topological polar surface area (TPSA) is 25.2 Å². The Labute approximate surface area is 123 Å². The fourth-order valence-corrected chi connectivity index (χ4v) is 2.80. The molecule has 0 N–H and O–H groups in total. The summed E-state index contributed by atoms with van der Waals surface area (Å²) in [6.07, 6.45) is 2.75. The molecule has 106 valence electrons. The smallest absolute Gasteiger partial charge is 0.149 e. The molecule has 0 aliphatic rings. The number of hydrogen-bond acceptors (Lipinski definition) is 3. The summed E-state index contributed by atoms with van der Waals surface area (Å²) in [5.41, 5.74) is 1.35. The second kappa shape index (κ2) is 5.92. The van der Waals surface area contributed by atoms with Crippen LogP contribution in [-0.4, -0.2) is 21.8 Å². The average molecular weight is 290 g/mol. The molecule has 4 heteroatoms. The van der Waals surface area contributed by atoms with Crippen LogP contribution in [0, 0.1) is 5.82 Å². The molecular weight excluding hydrogens is 271 g/mol. The number of thioether (sulfide) groups is 1. The number of pyridine rings is 1. The van der Waals surface area contributed by atoms with E-state index in [4.69, 9.17) is 0 Å². The van der Waals surface area contributed by atoms with Crippen LogP contribution >= 0.6 is 11.8 Å². The van der Waals surface area contributed by atoms with Crippen molar-refractivity contribution in [3.63, 3.8) is 0 Å². The highest BCUT2D eigenvalue weighted by Gasteiger charge is 2.20. The summed E-state index contributed by atoms with van der Waals surface area (Å²) in [6.45, 7) is 6.54. The predicted octanol–water partition coefficient (Wildman–Crippen LogP) is 4.67. The minimum Gasteiger partial charge on any atom is -0.281 e. The monoisotopic (exact) mass is 290 g/mol. The molecule has 2 nitrogen and oxygen atoms in total. The van der Waals surface area contributed by atoms with Gasteiger partial charge < -0.3 is 0 Å². The molecule has 2 rings (SSSR count). The van der Waals surface area contributed by atoms with E-state index < -0.39 is 0 Å². The zero-order valence-corrected chi connectivity index (χ0v) is 13.1. The van der Waals surface area contributed by atoms with Gasteiger partial charge in [0, 0.05) is 28.9 Å². The number of aromatic nitrogens is 1. The van der Waals surface area contributed by atoms with Crippen LogP contribution in [0.3, 0.4) is 0 Å². The predicted molar refractivity (Wildman–Crippen MR) is 86.1 cm³/mol. The van der Waals surface area contributed by atoms with E-state index in [0.717, 1.165) is 22.4 Å². The van der Waals surface area contributed by atoms with E-state index in [2.05, 4.69) is 30.7 Å². The molecule has 0 saturated heterocycles. The van der Waals surface area contributed by atoms with E-state index >= 15 is 0 Å². The molecule has 0 bridgehead atoms. The number of aliphatic imine (C=N–C) groups is 1. The van der Waals surface area contributed by atoms with Crippen LogP contribution in [0.1, 0.15) is 32.8 Å². The van der Waals surface area contributed by atoms with Gasteiger partial charge >= 0.3 is 0 Å². The van der Waals surface area contributed by atoms with Crippen molar-refractivity contribution < 1.29 is 4.39 Å². The molecule has 0 fully saturated rings. The first-order chi connectivity index (χ1) is 9.46. The molecule has 2 aromatic rings. The quantitative estimate of drug-likeness (QED) is 0.606. The first-order valence-electron chi connectivity index (χ1n) is 6.67. The third-order valence-electron chi connectivity index (χ3n) is 3.34. The minimum absolute atomic E-state index is 0.117. The van der Waals surface area contributed by atoms with Crippen molar-refractivity contribution >= 4 is 27.7 Å². The molecule has 0 unspecified atom stereocenters. The summed E-state index contributed by atoms with van der Waals surface area (Å²) in [5, 5.41) is 1.74. The number of nitrogens with zero attached hydrogens (tertiary/aromatic N) is 2. The zero-order chi connectivity index (χ0) is 14.8. The van der Waals surface area contributed by atoms with Crippen molar-refractivity contribution in [2.45, 2.75) is 31.9 Å². The van der Waals surface area contributed by atoms with Gasteiger partial charge in [0.15, 0.2) is 0 Å². The molecule has 20 heavy (non-hydrogen) atoms. The van der Waals surface area contributed by atoms with Crippen LogP contribution in [0.5, 0.6) is 0 Å². The second-order valence-electron chi connectivity index (χ2n) is 5.28. The summed E-state index contributed by atoms with van der Waals surface area (Å²) in [4.78, 5) is 8.60. The Morgan fingerprint density at radius 2 is 2.15 bits per heavy atom. The van der Waals surface area contributed by atoms with Crippen LogP contribution in [0.25, 0.3) is 10.9 Å². The summed E-state index contributed by atoms with van der Waals surface area (Å²) >= 11 is 1.73. The third kappa shape index (κ3) is 3.18. The third-order valence-corrected chi connectivity index (χ3v) is 4.79. The lowest BCUT2D eigenvalue weighted by atomic mass is 10.1. The Morgan fingerprint density at radius 1 is 1.40 bits per heavy atom. The maximum atomic E-state index is 13.6. The normalized spacial score (nSPS) is 12.9. The Kier molecular flexibility index (Phi) is 4.43. The Balaban J connectivity index is 2.41. The van der Waals surface area contributed by atoms with E-state index in [1.807, 2.05) is 12.1 Å². The molecule has 1 heterocycles. The number of para-hydroxylation sites is 1. The standard InChI is InChI=1S/C16H19FN2S/c1-5-16(2,3)20-15(18-4)12-9-11-7-6-8-13(17)14(11)19-10-12/h6-10H,5H2,1-4H3. The van der Waals surface area contributed by atoms with Gasteiger partial charge in [0.05, 0.1) is 5.04 Å². The van der Waals surface area contributed by atoms with Gasteiger partial charge in [0.2, 0.25) is 0 Å². The fourth-order valence-electron chi connectivity index (χ4n) is 1.81. The van der Waals surface area contributed by atoms with E-state index in [9.17, 15) is 4.39 Å². The molecule has 0 radical (unpaired) electrons. The highest BCUT2D eigenvalue weighted by Crippen LogP contribution is 2.32. The number of hydrogen-bond donors (Lipinski definition) is 0. The van der Waals surface area contributed by atoms with Crippen LogP contribution < -0.4 is 0 Å². The first kappa shape index (κ1) is 15.0. The van der Waals surface area contributed by atoms with Gasteiger partial charge in [0.1, 0.15) is 11.3 Å². The Morgan fingerprint density at radius 3 is 2.80 bits per heavy atom. The zero-order valence-electron chi connectivity index (χ0n) is 12.3. The van der Waals surface area contributed by atoms with E-state index in [0.29, 0.717) is 5.52 Å². The lowest BCUT2D eigenvalue weighted by molar-refractivity contribution is 0.637. The second-order valence-corrected chi connectivity index (χ2v) is 6.98. The number of rotatable bonds is 3. The lowest BCUT2D eigenvalue weighted by Crippen LogP contribution is -2.16. The lowest BCUT2D eigenvalue weighted by Gasteiger charge is -2.22. The van der Waals surface area contributed by atoms with E-state index in [1.165, 1.54) is 6.07 Å². The molecule has 0 spiro atoms. The van der Waals surface area contributed by atoms with Gasteiger partial charge in [-0.05, 0) is 18.6 Å². The summed E-state index contributed by atoms with van der Waals surface area (Å²) < 4.78 is 13.7. The van der Waals surface area contributed by atoms with Gasteiger partial charge in [-0.25, -0.2) is 4.39 Å². The maximum Gasteiger partial charge on any atom is 0.149 e. The number of halogens is 1. The van der Waals surface area contributed by atoms with Crippen molar-refractivity contribution in [1.29, 1.82) is 0 Å². The molecule has 0 atom stereocenters. The number of benzene rings is 1. The number of fused-ring (bicyclic) bond motifs is 1. The molecule has 0 amide bonds. The maximum absolute atomic E-state index is 13.6. The minimum atomic E-state index is -0.287. The molecule has 0 aliphatic heterocycles. The van der Waals surface area contributed by atoms with Gasteiger partial charge in [0.25, 0.3) is 0 Å². The summed E-state index contributed by atoms with van der Waals surface area (Å²) in [5.74, 6) is -0.287. The van der Waals surface area contributed by atoms with Gasteiger partial charge in [-0.1, -0.05) is 32.9 Å². The molecule has 1 aromatic heterocycles. The van der Waals surface area contributed by atoms with Crippen molar-refractivity contribution in [3.05, 3.63) is 41.8 Å². The van der Waals surface area contributed by atoms with E-state index in [-0.39, 0.29) is 10.6 Å². The first-order valence-corrected chi connectivity index (χ1v) is 7.49. The molecule has 0 aliphatic carbocycles. The molecule has 1 aromatic carbocycles. The fraction of sp³-hybridized carbons (Fsp3) is 0.375. The highest BCUT2D eigenvalue weighted by atomic mass is 32.2. The van der Waals surface area contributed by atoms with Crippen LogP contribution in [0.15, 0.2) is 35.5 Å². The van der Waals surface area contributed by atoms with Gasteiger partial charge in [-0.2, -0.15) is 0 Å². The molecular formula is C16H19FN2S. The van der Waals surface area contributed by atoms with E-state index in [1.54, 1.807) is 31.1 Å². The van der Waals surface area contributed by atoms with Crippen LogP contribution in [0.4, 0.5) is 4.39 Å². The Hall–Kier alpha value is -1.42. The average Bonchev–Trinajstić information content (AvgIpc) is 2.45. The van der Waals surface area contributed by atoms with Crippen LogP contribution in [-0.2, 0) is 0 Å². The van der Waals surface area contributed by atoms with Gasteiger partial charge in [-0.3, -0.25) is 9.98 Å². The van der Waals surface area contributed by atoms with Crippen LogP contribution in [0.2, 0.25) is 0 Å². The SMILES string of the molecule is CCC(C)(C)SC(=NC)c1cnc2c(F)cccc2c1. The van der Waals surface area contributed by atoms with Crippen molar-refractivity contribution in [2.24, 2.45) is 4.99 Å². The summed E-state index contributed by atoms with van der Waals surface area (Å²) in [7, 11) is 1.78. The van der Waals surface area contributed by atoms with Gasteiger partial charge in [-0.15, -0.1) is 11.8 Å². The Bertz CT molecular complexity index is 650. The largest absolute Gasteiger partial charge is 0.281 e. The summed E-state index contributed by atoms with van der Waals surface area (Å²) in [6, 6.07) is 6.96.